The summed E-state index contributed by atoms with van der Waals surface area (Å²) in [5.41, 5.74) is 0.0102. The normalized spacial score (nSPS) is 18.8. The molecule has 0 N–H and O–H groups in total. The minimum absolute atomic E-state index is 0.0102. The van der Waals surface area contributed by atoms with Gasteiger partial charge in [-0.2, -0.15) is 4.31 Å². The second-order valence-electron chi connectivity index (χ2n) is 5.29. The Kier molecular flexibility index (Phi) is 4.42. The Hall–Kier alpha value is 0.0500. The van der Waals surface area contributed by atoms with E-state index in [1.165, 1.54) is 22.1 Å². The van der Waals surface area contributed by atoms with Crippen molar-refractivity contribution in [2.75, 3.05) is 27.7 Å². The van der Waals surface area contributed by atoms with E-state index in [1.54, 1.807) is 19.2 Å². The number of rotatable bonds is 5. The van der Waals surface area contributed by atoms with Crippen molar-refractivity contribution in [2.24, 2.45) is 0 Å². The lowest BCUT2D eigenvalue weighted by atomic mass is 9.75. The summed E-state index contributed by atoms with van der Waals surface area (Å²) >= 11 is 4.57. The van der Waals surface area contributed by atoms with E-state index in [0.717, 1.165) is 16.6 Å². The Bertz CT molecular complexity index is 550. The van der Waals surface area contributed by atoms with Crippen LogP contribution < -0.4 is 0 Å². The fourth-order valence-electron chi connectivity index (χ4n) is 2.42. The zero-order chi connectivity index (χ0) is 14.3. The van der Waals surface area contributed by atoms with E-state index in [2.05, 4.69) is 20.8 Å². The average molecular weight is 367 g/mol. The summed E-state index contributed by atoms with van der Waals surface area (Å²) in [6, 6.07) is 3.43. The van der Waals surface area contributed by atoms with E-state index in [0.29, 0.717) is 10.8 Å². The monoisotopic (exact) mass is 366 g/mol. The molecule has 0 aliphatic heterocycles. The Labute approximate surface area is 127 Å². The second-order valence-corrected chi connectivity index (χ2v) is 10.0. The van der Waals surface area contributed by atoms with Gasteiger partial charge in [-0.05, 0) is 61.4 Å². The average Bonchev–Trinajstić information content (AvgIpc) is 2.69. The molecule has 0 atom stereocenters. The third kappa shape index (κ3) is 2.90. The van der Waals surface area contributed by atoms with Crippen LogP contribution in [0.4, 0.5) is 0 Å². The number of halogens is 1. The smallest absolute Gasteiger partial charge is 0.252 e. The van der Waals surface area contributed by atoms with Gasteiger partial charge in [0.2, 0.25) is 0 Å². The largest absolute Gasteiger partial charge is 0.302 e. The standard InChI is InChI=1S/C12H19BrN2O2S2/c1-14(2)12(7-4-8-12)9-15(3)19(16,17)11-6-5-10(13)18-11/h5-6H,4,7-9H2,1-3H3. The molecule has 1 aliphatic carbocycles. The molecule has 1 fully saturated rings. The van der Waals surface area contributed by atoms with Gasteiger partial charge < -0.3 is 4.90 Å². The molecular weight excluding hydrogens is 348 g/mol. The van der Waals surface area contributed by atoms with Crippen LogP contribution >= 0.6 is 27.3 Å². The van der Waals surface area contributed by atoms with Gasteiger partial charge in [0, 0.05) is 19.1 Å². The van der Waals surface area contributed by atoms with E-state index in [1.807, 2.05) is 14.1 Å². The fraction of sp³-hybridized carbons (Fsp3) is 0.667. The van der Waals surface area contributed by atoms with Crippen LogP contribution in [0.1, 0.15) is 19.3 Å². The van der Waals surface area contributed by atoms with Crippen LogP contribution in [0, 0.1) is 0 Å². The van der Waals surface area contributed by atoms with E-state index in [4.69, 9.17) is 0 Å². The number of nitrogens with zero attached hydrogens (tertiary/aromatic N) is 2. The first kappa shape index (κ1) is 15.4. The lowest BCUT2D eigenvalue weighted by molar-refractivity contribution is 0.0455. The van der Waals surface area contributed by atoms with Crippen LogP contribution in [0.3, 0.4) is 0 Å². The van der Waals surface area contributed by atoms with Gasteiger partial charge in [-0.15, -0.1) is 11.3 Å². The molecule has 1 aromatic rings. The van der Waals surface area contributed by atoms with Crippen molar-refractivity contribution in [2.45, 2.75) is 29.0 Å². The van der Waals surface area contributed by atoms with Gasteiger partial charge in [0.25, 0.3) is 10.0 Å². The number of hydrogen-bond acceptors (Lipinski definition) is 4. The number of thiophene rings is 1. The summed E-state index contributed by atoms with van der Waals surface area (Å²) in [4.78, 5) is 2.16. The first-order chi connectivity index (χ1) is 8.78. The molecule has 1 aromatic heterocycles. The summed E-state index contributed by atoms with van der Waals surface area (Å²) in [6.07, 6.45) is 3.30. The molecule has 108 valence electrons. The minimum Gasteiger partial charge on any atom is -0.302 e. The van der Waals surface area contributed by atoms with E-state index < -0.39 is 10.0 Å². The van der Waals surface area contributed by atoms with Crippen LogP contribution in [0.15, 0.2) is 20.1 Å². The highest BCUT2D eigenvalue weighted by Gasteiger charge is 2.42. The molecule has 0 bridgehead atoms. The molecule has 7 heteroatoms. The van der Waals surface area contributed by atoms with Crippen molar-refractivity contribution in [1.29, 1.82) is 0 Å². The molecule has 0 saturated heterocycles. The summed E-state index contributed by atoms with van der Waals surface area (Å²) in [6.45, 7) is 0.553. The van der Waals surface area contributed by atoms with Gasteiger partial charge in [-0.25, -0.2) is 8.42 Å². The third-order valence-corrected chi connectivity index (χ3v) is 7.86. The maximum atomic E-state index is 12.5. The van der Waals surface area contributed by atoms with E-state index in [-0.39, 0.29) is 5.54 Å². The molecule has 1 aliphatic rings. The molecule has 0 radical (unpaired) electrons. The second kappa shape index (κ2) is 5.44. The zero-order valence-corrected chi connectivity index (χ0v) is 14.6. The highest BCUT2D eigenvalue weighted by atomic mass is 79.9. The predicted molar refractivity (Wildman–Crippen MR) is 82.1 cm³/mol. The summed E-state index contributed by atoms with van der Waals surface area (Å²) in [5, 5.41) is 0. The minimum atomic E-state index is -3.37. The molecule has 0 amide bonds. The molecule has 1 heterocycles. The van der Waals surface area contributed by atoms with Crippen LogP contribution in [0.25, 0.3) is 0 Å². The number of hydrogen-bond donors (Lipinski definition) is 0. The quantitative estimate of drug-likeness (QED) is 0.803. The van der Waals surface area contributed by atoms with Crippen molar-refractivity contribution < 1.29 is 8.42 Å². The van der Waals surface area contributed by atoms with Crippen LogP contribution in [-0.4, -0.2) is 50.8 Å². The van der Waals surface area contributed by atoms with Gasteiger partial charge in [0.15, 0.2) is 0 Å². The topological polar surface area (TPSA) is 40.6 Å². The number of sulfonamides is 1. The van der Waals surface area contributed by atoms with Crippen molar-refractivity contribution in [1.82, 2.24) is 9.21 Å². The summed E-state index contributed by atoms with van der Waals surface area (Å²) < 4.78 is 27.7. The maximum absolute atomic E-state index is 12.5. The van der Waals surface area contributed by atoms with E-state index >= 15 is 0 Å². The first-order valence-corrected chi connectivity index (χ1v) is 9.22. The Morgan fingerprint density at radius 1 is 1.32 bits per heavy atom. The Morgan fingerprint density at radius 3 is 2.32 bits per heavy atom. The first-order valence-electron chi connectivity index (χ1n) is 6.17. The SMILES string of the molecule is CN(C)C1(CN(C)S(=O)(=O)c2ccc(Br)s2)CCC1. The maximum Gasteiger partial charge on any atom is 0.252 e. The lowest BCUT2D eigenvalue weighted by Gasteiger charge is -2.48. The predicted octanol–water partition coefficient (Wildman–Crippen LogP) is 2.62. The van der Waals surface area contributed by atoms with Crippen LogP contribution in [-0.2, 0) is 10.0 Å². The third-order valence-electron chi connectivity index (χ3n) is 3.96. The molecule has 0 aromatic carbocycles. The van der Waals surface area contributed by atoms with Gasteiger partial charge in [0.05, 0.1) is 3.79 Å². The van der Waals surface area contributed by atoms with Gasteiger partial charge in [-0.3, -0.25) is 0 Å². The zero-order valence-electron chi connectivity index (χ0n) is 11.4. The number of likely N-dealkylation sites (N-methyl/N-ethyl adjacent to an activating group) is 2. The molecular formula is C12H19BrN2O2S2. The Morgan fingerprint density at radius 2 is 1.95 bits per heavy atom. The molecule has 1 saturated carbocycles. The van der Waals surface area contributed by atoms with Crippen molar-refractivity contribution >= 4 is 37.3 Å². The van der Waals surface area contributed by atoms with Gasteiger partial charge >= 0.3 is 0 Å². The van der Waals surface area contributed by atoms with Gasteiger partial charge in [0.1, 0.15) is 4.21 Å². The van der Waals surface area contributed by atoms with Crippen LogP contribution in [0.5, 0.6) is 0 Å². The Balaban J connectivity index is 2.17. The summed E-state index contributed by atoms with van der Waals surface area (Å²) in [7, 11) is 2.37. The molecule has 4 nitrogen and oxygen atoms in total. The van der Waals surface area contributed by atoms with Crippen molar-refractivity contribution in [3.8, 4) is 0 Å². The highest BCUT2D eigenvalue weighted by molar-refractivity contribution is 9.11. The fourth-order valence-corrected chi connectivity index (χ4v) is 5.89. The molecule has 0 unspecified atom stereocenters. The lowest BCUT2D eigenvalue weighted by Crippen LogP contribution is -2.57. The molecule has 2 rings (SSSR count). The highest BCUT2D eigenvalue weighted by Crippen LogP contribution is 2.38. The molecule has 19 heavy (non-hydrogen) atoms. The summed E-state index contributed by atoms with van der Waals surface area (Å²) in [5.74, 6) is 0. The van der Waals surface area contributed by atoms with E-state index in [9.17, 15) is 8.42 Å². The van der Waals surface area contributed by atoms with Crippen molar-refractivity contribution in [3.63, 3.8) is 0 Å². The molecule has 0 spiro atoms. The van der Waals surface area contributed by atoms with Crippen molar-refractivity contribution in [3.05, 3.63) is 15.9 Å². The van der Waals surface area contributed by atoms with Gasteiger partial charge in [-0.1, -0.05) is 0 Å². The van der Waals surface area contributed by atoms with Crippen LogP contribution in [0.2, 0.25) is 0 Å².